The summed E-state index contributed by atoms with van der Waals surface area (Å²) in [6, 6.07) is 20.5. The van der Waals surface area contributed by atoms with Crippen LogP contribution >= 0.6 is 55.1 Å². The summed E-state index contributed by atoms with van der Waals surface area (Å²) in [5, 5.41) is 6.95. The van der Waals surface area contributed by atoms with Crippen molar-refractivity contribution in [1.29, 1.82) is 0 Å². The molecule has 0 aliphatic carbocycles. The number of methoxy groups -OCH3 is 1. The van der Waals surface area contributed by atoms with Gasteiger partial charge in [-0.15, -0.1) is 0 Å². The Kier molecular flexibility index (Phi) is 9.32. The number of nitrogens with zero attached hydrogens (tertiary/aromatic N) is 1. The number of carbonyl (C=O) groups excluding carboxylic acids is 1. The highest BCUT2D eigenvalue weighted by atomic mass is 79.9. The van der Waals surface area contributed by atoms with E-state index in [0.717, 1.165) is 16.3 Å². The third-order valence-corrected chi connectivity index (χ3v) is 8.13. The van der Waals surface area contributed by atoms with E-state index in [-0.39, 0.29) is 13.2 Å². The van der Waals surface area contributed by atoms with Crippen molar-refractivity contribution in [1.82, 2.24) is 5.43 Å². The van der Waals surface area contributed by atoms with Crippen LogP contribution in [-0.4, -0.2) is 25.8 Å². The second-order valence-corrected chi connectivity index (χ2v) is 10.1. The Morgan fingerprint density at radius 2 is 1.73 bits per heavy atom. The summed E-state index contributed by atoms with van der Waals surface area (Å²) >= 11 is 19.2. The van der Waals surface area contributed by atoms with Gasteiger partial charge in [-0.25, -0.2) is 5.43 Å². The topological polar surface area (TPSA) is 69.2 Å². The number of halogens is 4. The zero-order valence-corrected chi connectivity index (χ0v) is 24.1. The van der Waals surface area contributed by atoms with Crippen LogP contribution in [0.25, 0.3) is 10.8 Å². The van der Waals surface area contributed by atoms with Gasteiger partial charge in [-0.05, 0) is 67.1 Å². The molecule has 1 N–H and O–H groups in total. The monoisotopic (exact) mass is 664 g/mol. The molecule has 0 radical (unpaired) electrons. The number of fused-ring (bicyclic) bond motifs is 1. The summed E-state index contributed by atoms with van der Waals surface area (Å²) in [7, 11) is 1.54. The Labute approximate surface area is 240 Å². The lowest BCUT2D eigenvalue weighted by Gasteiger charge is -2.15. The molecule has 0 unspecified atom stereocenters. The molecule has 37 heavy (non-hydrogen) atoms. The molecule has 10 heteroatoms. The molecule has 4 aromatic carbocycles. The molecular formula is C27H20Br2Cl2N2O4. The molecule has 4 rings (SSSR count). The minimum atomic E-state index is -0.395. The molecular weight excluding hydrogens is 647 g/mol. The van der Waals surface area contributed by atoms with E-state index in [4.69, 9.17) is 37.4 Å². The van der Waals surface area contributed by atoms with Crippen LogP contribution < -0.4 is 19.6 Å². The van der Waals surface area contributed by atoms with E-state index in [9.17, 15) is 4.79 Å². The fraction of sp³-hybridized carbons (Fsp3) is 0.111. The van der Waals surface area contributed by atoms with Gasteiger partial charge in [-0.3, -0.25) is 4.79 Å². The molecule has 0 aliphatic rings. The SMILES string of the molecule is COc1cc(/C=N/NC(=O)COc2cccc3ccccc23)c(Br)c(Br)c1OCc1ccc(Cl)c(Cl)c1. The summed E-state index contributed by atoms with van der Waals surface area (Å²) in [6.45, 7) is 0.0690. The number of carbonyl (C=O) groups is 1. The summed E-state index contributed by atoms with van der Waals surface area (Å²) < 4.78 is 18.5. The number of amides is 1. The second kappa shape index (κ2) is 12.6. The number of hydrazone groups is 1. The van der Waals surface area contributed by atoms with Crippen molar-refractivity contribution in [3.05, 3.63) is 96.8 Å². The third kappa shape index (κ3) is 6.76. The first kappa shape index (κ1) is 27.3. The quantitative estimate of drug-likeness (QED) is 0.146. The van der Waals surface area contributed by atoms with Gasteiger partial charge in [0.15, 0.2) is 18.1 Å². The molecule has 0 aliphatic heterocycles. The molecule has 0 bridgehead atoms. The van der Waals surface area contributed by atoms with E-state index in [1.54, 1.807) is 18.2 Å². The highest BCUT2D eigenvalue weighted by molar-refractivity contribution is 9.13. The van der Waals surface area contributed by atoms with Crippen molar-refractivity contribution in [3.63, 3.8) is 0 Å². The van der Waals surface area contributed by atoms with Gasteiger partial charge in [0.1, 0.15) is 12.4 Å². The molecule has 1 amide bonds. The molecule has 6 nitrogen and oxygen atoms in total. The predicted octanol–water partition coefficient (Wildman–Crippen LogP) is 7.79. The normalized spacial score (nSPS) is 11.1. The minimum absolute atomic E-state index is 0.180. The van der Waals surface area contributed by atoms with Crippen molar-refractivity contribution in [2.24, 2.45) is 5.10 Å². The fourth-order valence-electron chi connectivity index (χ4n) is 3.44. The summed E-state index contributed by atoms with van der Waals surface area (Å²) in [4.78, 5) is 12.3. The number of benzene rings is 4. The number of ether oxygens (including phenoxy) is 3. The van der Waals surface area contributed by atoms with Crippen molar-refractivity contribution < 1.29 is 19.0 Å². The Bertz CT molecular complexity index is 1480. The van der Waals surface area contributed by atoms with Gasteiger partial charge in [-0.2, -0.15) is 5.10 Å². The van der Waals surface area contributed by atoms with Gasteiger partial charge in [-0.1, -0.05) is 65.7 Å². The van der Waals surface area contributed by atoms with Gasteiger partial charge in [0.2, 0.25) is 0 Å². The zero-order valence-electron chi connectivity index (χ0n) is 19.4. The molecule has 0 fully saturated rings. The first-order valence-corrected chi connectivity index (χ1v) is 13.3. The van der Waals surface area contributed by atoms with Gasteiger partial charge < -0.3 is 14.2 Å². The smallest absolute Gasteiger partial charge is 0.277 e. The number of hydrogen-bond donors (Lipinski definition) is 1. The molecule has 0 aromatic heterocycles. The van der Waals surface area contributed by atoms with E-state index < -0.39 is 5.91 Å². The Hall–Kier alpha value is -2.78. The highest BCUT2D eigenvalue weighted by Crippen LogP contribution is 2.42. The average Bonchev–Trinajstić information content (AvgIpc) is 2.91. The van der Waals surface area contributed by atoms with Crippen LogP contribution in [0.5, 0.6) is 17.2 Å². The van der Waals surface area contributed by atoms with Crippen LogP contribution in [0.1, 0.15) is 11.1 Å². The maximum Gasteiger partial charge on any atom is 0.277 e. The Balaban J connectivity index is 1.40. The number of hydrogen-bond acceptors (Lipinski definition) is 5. The average molecular weight is 667 g/mol. The van der Waals surface area contributed by atoms with Gasteiger partial charge in [0.05, 0.1) is 27.8 Å². The molecule has 0 heterocycles. The van der Waals surface area contributed by atoms with E-state index in [1.807, 2.05) is 48.5 Å². The second-order valence-electron chi connectivity index (χ2n) is 7.72. The number of rotatable bonds is 9. The molecule has 4 aromatic rings. The molecule has 0 atom stereocenters. The van der Waals surface area contributed by atoms with Crippen molar-refractivity contribution in [2.45, 2.75) is 6.61 Å². The van der Waals surface area contributed by atoms with Crippen LogP contribution in [0.3, 0.4) is 0 Å². The van der Waals surface area contributed by atoms with Crippen molar-refractivity contribution in [3.8, 4) is 17.2 Å². The highest BCUT2D eigenvalue weighted by Gasteiger charge is 2.17. The maximum absolute atomic E-state index is 12.3. The van der Waals surface area contributed by atoms with E-state index in [2.05, 4.69) is 42.4 Å². The van der Waals surface area contributed by atoms with E-state index >= 15 is 0 Å². The standard InChI is InChI=1S/C27H20Br2Cl2N2O4/c1-35-23-12-18(25(28)26(29)27(23)37-14-16-9-10-20(30)21(31)11-16)13-32-33-24(34)15-36-22-8-4-6-17-5-2-3-7-19(17)22/h2-13H,14-15H2,1H3,(H,33,34)/b32-13+. The zero-order chi connectivity index (χ0) is 26.4. The van der Waals surface area contributed by atoms with Crippen LogP contribution in [0.2, 0.25) is 10.0 Å². The van der Waals surface area contributed by atoms with Crippen LogP contribution in [-0.2, 0) is 11.4 Å². The lowest BCUT2D eigenvalue weighted by molar-refractivity contribution is -0.123. The minimum Gasteiger partial charge on any atom is -0.493 e. The molecule has 0 saturated heterocycles. The third-order valence-electron chi connectivity index (χ3n) is 5.24. The fourth-order valence-corrected chi connectivity index (χ4v) is 4.70. The first-order chi connectivity index (χ1) is 17.9. The van der Waals surface area contributed by atoms with Gasteiger partial charge >= 0.3 is 0 Å². The first-order valence-electron chi connectivity index (χ1n) is 10.9. The Morgan fingerprint density at radius 3 is 2.51 bits per heavy atom. The predicted molar refractivity (Wildman–Crippen MR) is 154 cm³/mol. The lowest BCUT2D eigenvalue weighted by Crippen LogP contribution is -2.24. The van der Waals surface area contributed by atoms with Crippen LogP contribution in [0.4, 0.5) is 0 Å². The van der Waals surface area contributed by atoms with Crippen LogP contribution in [0, 0.1) is 0 Å². The summed E-state index contributed by atoms with van der Waals surface area (Å²) in [6.07, 6.45) is 1.50. The Morgan fingerprint density at radius 1 is 0.946 bits per heavy atom. The summed E-state index contributed by atoms with van der Waals surface area (Å²) in [5.41, 5.74) is 3.98. The molecule has 0 saturated carbocycles. The largest absolute Gasteiger partial charge is 0.493 e. The van der Waals surface area contributed by atoms with Gasteiger partial charge in [0.25, 0.3) is 5.91 Å². The summed E-state index contributed by atoms with van der Waals surface area (Å²) in [5.74, 6) is 1.20. The maximum atomic E-state index is 12.3. The molecule has 190 valence electrons. The lowest BCUT2D eigenvalue weighted by atomic mass is 10.1. The van der Waals surface area contributed by atoms with E-state index in [1.165, 1.54) is 13.3 Å². The number of nitrogens with one attached hydrogen (secondary N) is 1. The van der Waals surface area contributed by atoms with Crippen LogP contribution in [0.15, 0.2) is 80.8 Å². The van der Waals surface area contributed by atoms with Gasteiger partial charge in [0, 0.05) is 15.4 Å². The van der Waals surface area contributed by atoms with Crippen molar-refractivity contribution >= 4 is 78.0 Å². The van der Waals surface area contributed by atoms with E-state index in [0.29, 0.717) is 41.8 Å². The van der Waals surface area contributed by atoms with Crippen molar-refractivity contribution in [2.75, 3.05) is 13.7 Å². The molecule has 0 spiro atoms.